The van der Waals surface area contributed by atoms with Gasteiger partial charge in [0, 0.05) is 23.2 Å². The Morgan fingerprint density at radius 1 is 1.25 bits per heavy atom. The lowest BCUT2D eigenvalue weighted by atomic mass is 10.1. The van der Waals surface area contributed by atoms with Crippen LogP contribution in [0.15, 0.2) is 18.2 Å². The van der Waals surface area contributed by atoms with Gasteiger partial charge in [-0.15, -0.1) is 11.3 Å². The molecule has 1 aromatic heterocycles. The molecule has 2 nitrogen and oxygen atoms in total. The zero-order chi connectivity index (χ0) is 14.5. The fourth-order valence-electron chi connectivity index (χ4n) is 2.04. The molecule has 0 N–H and O–H groups in total. The van der Waals surface area contributed by atoms with Crippen molar-refractivity contribution in [3.05, 3.63) is 34.5 Å². The molecule has 2 aromatic rings. The predicted molar refractivity (Wildman–Crippen MR) is 67.3 cm³/mol. The molecule has 0 saturated carbocycles. The van der Waals surface area contributed by atoms with Crippen molar-refractivity contribution in [2.75, 3.05) is 13.1 Å². The van der Waals surface area contributed by atoms with Crippen LogP contribution >= 0.6 is 11.3 Å². The van der Waals surface area contributed by atoms with Crippen LogP contribution in [0.1, 0.15) is 21.7 Å². The molecule has 1 aliphatic heterocycles. The predicted octanol–water partition coefficient (Wildman–Crippen LogP) is 3.91. The summed E-state index contributed by atoms with van der Waals surface area (Å²) in [4.78, 5) is 13.3. The molecule has 20 heavy (non-hydrogen) atoms. The van der Waals surface area contributed by atoms with Crippen molar-refractivity contribution < 1.29 is 22.4 Å². The van der Waals surface area contributed by atoms with E-state index in [1.165, 1.54) is 4.90 Å². The fourth-order valence-corrected chi connectivity index (χ4v) is 3.13. The smallest absolute Gasteiger partial charge is 0.338 e. The Kier molecular flexibility index (Phi) is 2.97. The van der Waals surface area contributed by atoms with Gasteiger partial charge in [-0.3, -0.25) is 4.79 Å². The maximum absolute atomic E-state index is 14.1. The highest BCUT2D eigenvalue weighted by molar-refractivity contribution is 7.20. The van der Waals surface area contributed by atoms with E-state index in [1.54, 1.807) is 0 Å². The lowest BCUT2D eigenvalue weighted by Gasteiger charge is -2.30. The van der Waals surface area contributed by atoms with Gasteiger partial charge < -0.3 is 4.90 Å². The summed E-state index contributed by atoms with van der Waals surface area (Å²) in [6, 6.07) is 2.79. The number of benzene rings is 1. The molecule has 0 bridgehead atoms. The van der Waals surface area contributed by atoms with E-state index in [4.69, 9.17) is 0 Å². The molecule has 3 rings (SSSR count). The van der Waals surface area contributed by atoms with Crippen LogP contribution in [0.5, 0.6) is 0 Å². The third-order valence-corrected chi connectivity index (χ3v) is 4.41. The summed E-state index contributed by atoms with van der Waals surface area (Å²) in [5.41, 5.74) is -0.839. The molecule has 106 valence electrons. The monoisotopic (exact) mass is 303 g/mol. The summed E-state index contributed by atoms with van der Waals surface area (Å²) in [6.07, 6.45) is -3.60. The third-order valence-electron chi connectivity index (χ3n) is 3.29. The first-order valence-corrected chi connectivity index (χ1v) is 6.78. The molecule has 0 radical (unpaired) electrons. The first kappa shape index (κ1) is 13.4. The van der Waals surface area contributed by atoms with Gasteiger partial charge in [0.1, 0.15) is 4.88 Å². The second kappa shape index (κ2) is 4.44. The van der Waals surface area contributed by atoms with E-state index < -0.39 is 23.5 Å². The molecule has 0 spiro atoms. The van der Waals surface area contributed by atoms with Crippen LogP contribution in [0.4, 0.5) is 17.6 Å². The highest BCUT2D eigenvalue weighted by Crippen LogP contribution is 2.36. The molecule has 1 amide bonds. The van der Waals surface area contributed by atoms with E-state index in [0.717, 1.165) is 36.0 Å². The lowest BCUT2D eigenvalue weighted by molar-refractivity contribution is -0.137. The van der Waals surface area contributed by atoms with Crippen molar-refractivity contribution in [1.82, 2.24) is 4.90 Å². The largest absolute Gasteiger partial charge is 0.416 e. The van der Waals surface area contributed by atoms with Crippen LogP contribution in [0.3, 0.4) is 0 Å². The number of alkyl halides is 3. The summed E-state index contributed by atoms with van der Waals surface area (Å²) in [5.74, 6) is -1.17. The van der Waals surface area contributed by atoms with Gasteiger partial charge in [0.15, 0.2) is 5.82 Å². The van der Waals surface area contributed by atoms with Gasteiger partial charge in [0.2, 0.25) is 0 Å². The molecular weight excluding hydrogens is 294 g/mol. The van der Waals surface area contributed by atoms with E-state index in [2.05, 4.69) is 0 Å². The Balaban J connectivity index is 2.07. The van der Waals surface area contributed by atoms with Crippen LogP contribution in [0, 0.1) is 5.82 Å². The number of fused-ring (bicyclic) bond motifs is 1. The maximum atomic E-state index is 14.1. The van der Waals surface area contributed by atoms with E-state index in [-0.39, 0.29) is 15.0 Å². The van der Waals surface area contributed by atoms with Crippen molar-refractivity contribution in [1.29, 1.82) is 0 Å². The number of hydrogen-bond acceptors (Lipinski definition) is 2. The van der Waals surface area contributed by atoms with Crippen molar-refractivity contribution in [3.8, 4) is 0 Å². The molecule has 1 fully saturated rings. The topological polar surface area (TPSA) is 20.3 Å². The molecule has 1 aromatic carbocycles. The number of rotatable bonds is 1. The normalized spacial score (nSPS) is 15.5. The zero-order valence-electron chi connectivity index (χ0n) is 10.1. The Morgan fingerprint density at radius 3 is 2.50 bits per heavy atom. The number of carbonyl (C=O) groups excluding carboxylic acids is 1. The van der Waals surface area contributed by atoms with Gasteiger partial charge in [-0.05, 0) is 24.6 Å². The molecule has 0 atom stereocenters. The Labute approximate surface area is 115 Å². The number of amides is 1. The van der Waals surface area contributed by atoms with Gasteiger partial charge in [0.25, 0.3) is 5.91 Å². The molecule has 1 aliphatic rings. The Hall–Kier alpha value is -1.63. The van der Waals surface area contributed by atoms with Gasteiger partial charge >= 0.3 is 6.18 Å². The van der Waals surface area contributed by atoms with Crippen LogP contribution in [0.25, 0.3) is 10.1 Å². The Bertz CT molecular complexity index is 687. The van der Waals surface area contributed by atoms with Gasteiger partial charge in [-0.25, -0.2) is 4.39 Å². The van der Waals surface area contributed by atoms with E-state index in [0.29, 0.717) is 13.1 Å². The number of halogens is 4. The first-order chi connectivity index (χ1) is 9.38. The van der Waals surface area contributed by atoms with E-state index in [9.17, 15) is 22.4 Å². The summed E-state index contributed by atoms with van der Waals surface area (Å²) >= 11 is 0.774. The average Bonchev–Trinajstić information content (AvgIpc) is 2.63. The van der Waals surface area contributed by atoms with E-state index >= 15 is 0 Å². The second-order valence-electron chi connectivity index (χ2n) is 4.60. The molecule has 7 heteroatoms. The number of hydrogen-bond donors (Lipinski definition) is 0. The van der Waals surface area contributed by atoms with Gasteiger partial charge in [-0.2, -0.15) is 13.2 Å². The highest BCUT2D eigenvalue weighted by atomic mass is 32.1. The maximum Gasteiger partial charge on any atom is 0.416 e. The summed E-state index contributed by atoms with van der Waals surface area (Å²) in [5, 5.41) is 0.0619. The lowest BCUT2D eigenvalue weighted by Crippen LogP contribution is -2.41. The third kappa shape index (κ3) is 2.06. The molecule has 1 saturated heterocycles. The van der Waals surface area contributed by atoms with Crippen molar-refractivity contribution in [3.63, 3.8) is 0 Å². The van der Waals surface area contributed by atoms with Crippen LogP contribution in [-0.4, -0.2) is 23.9 Å². The van der Waals surface area contributed by atoms with Crippen LogP contribution < -0.4 is 0 Å². The minimum absolute atomic E-state index is 0.0619. The quantitative estimate of drug-likeness (QED) is 0.732. The van der Waals surface area contributed by atoms with Crippen LogP contribution in [-0.2, 0) is 6.18 Å². The molecular formula is C13H9F4NOS. The zero-order valence-corrected chi connectivity index (χ0v) is 10.9. The second-order valence-corrected chi connectivity index (χ2v) is 5.65. The van der Waals surface area contributed by atoms with Gasteiger partial charge in [-0.1, -0.05) is 0 Å². The molecule has 0 aliphatic carbocycles. The summed E-state index contributed by atoms with van der Waals surface area (Å²) in [7, 11) is 0. The highest BCUT2D eigenvalue weighted by Gasteiger charge is 2.32. The van der Waals surface area contributed by atoms with Crippen LogP contribution in [0.2, 0.25) is 0 Å². The fraction of sp³-hybridized carbons (Fsp3) is 0.308. The summed E-state index contributed by atoms with van der Waals surface area (Å²) in [6.45, 7) is 1.14. The minimum atomic E-state index is -4.48. The first-order valence-electron chi connectivity index (χ1n) is 5.96. The number of carbonyl (C=O) groups is 1. The summed E-state index contributed by atoms with van der Waals surface area (Å²) < 4.78 is 52.1. The Morgan fingerprint density at radius 2 is 1.95 bits per heavy atom. The standard InChI is InChI=1S/C13H9F4NOS/c14-10-8-3-2-7(13(15,16)17)6-9(8)20-11(10)12(19)18-4-1-5-18/h2-3,6H,1,4-5H2. The average molecular weight is 303 g/mol. The number of nitrogens with zero attached hydrogens (tertiary/aromatic N) is 1. The molecule has 0 unspecified atom stereocenters. The number of likely N-dealkylation sites (tertiary alicyclic amines) is 1. The van der Waals surface area contributed by atoms with Crippen molar-refractivity contribution in [2.45, 2.75) is 12.6 Å². The van der Waals surface area contributed by atoms with Gasteiger partial charge in [0.05, 0.1) is 5.56 Å². The minimum Gasteiger partial charge on any atom is -0.338 e. The van der Waals surface area contributed by atoms with Crippen molar-refractivity contribution >= 4 is 27.3 Å². The van der Waals surface area contributed by atoms with Crippen molar-refractivity contribution in [2.24, 2.45) is 0 Å². The van der Waals surface area contributed by atoms with E-state index in [1.807, 2.05) is 0 Å². The SMILES string of the molecule is O=C(c1sc2cc(C(F)(F)F)ccc2c1F)N1CCC1. The molecule has 2 heterocycles. The number of thiophene rings is 1.